The number of anilines is 1. The molecule has 1 saturated carbocycles. The van der Waals surface area contributed by atoms with Crippen molar-refractivity contribution in [2.24, 2.45) is 0 Å². The van der Waals surface area contributed by atoms with Gasteiger partial charge in [-0.1, -0.05) is 18.2 Å². The van der Waals surface area contributed by atoms with E-state index in [1.54, 1.807) is 11.9 Å². The lowest BCUT2D eigenvalue weighted by Crippen LogP contribution is -2.41. The maximum atomic E-state index is 11.9. The van der Waals surface area contributed by atoms with Crippen LogP contribution in [0, 0.1) is 0 Å². The van der Waals surface area contributed by atoms with E-state index in [9.17, 15) is 9.59 Å². The standard InChI is InChI=1S/C18H28N4O2/c1-21(14-18(24)20-15-9-10-15)13-17(23)19-11-6-12-22(2)16-7-4-3-5-8-16/h3-5,7-8,15H,6,9-14H2,1-2H3,(H,19,23)(H,20,24). The third-order valence-corrected chi connectivity index (χ3v) is 3.96. The monoisotopic (exact) mass is 332 g/mol. The number of para-hydroxylation sites is 1. The molecule has 0 unspecified atom stereocenters. The van der Waals surface area contributed by atoms with Crippen molar-refractivity contribution in [3.05, 3.63) is 30.3 Å². The topological polar surface area (TPSA) is 64.7 Å². The molecule has 0 heterocycles. The molecule has 6 nitrogen and oxygen atoms in total. The minimum Gasteiger partial charge on any atom is -0.375 e. The number of benzene rings is 1. The number of hydrogen-bond donors (Lipinski definition) is 2. The van der Waals surface area contributed by atoms with Crippen molar-refractivity contribution in [1.82, 2.24) is 15.5 Å². The fourth-order valence-corrected chi connectivity index (χ4v) is 2.46. The number of likely N-dealkylation sites (N-methyl/N-ethyl adjacent to an activating group) is 1. The van der Waals surface area contributed by atoms with E-state index in [1.807, 2.05) is 25.2 Å². The van der Waals surface area contributed by atoms with Crippen molar-refractivity contribution in [3.63, 3.8) is 0 Å². The average molecular weight is 332 g/mol. The summed E-state index contributed by atoms with van der Waals surface area (Å²) in [6, 6.07) is 10.5. The predicted octanol–water partition coefficient (Wildman–Crippen LogP) is 0.839. The van der Waals surface area contributed by atoms with E-state index in [0.29, 0.717) is 12.6 Å². The molecule has 6 heteroatoms. The van der Waals surface area contributed by atoms with Crippen LogP contribution >= 0.6 is 0 Å². The molecule has 0 bridgehead atoms. The van der Waals surface area contributed by atoms with Crippen molar-refractivity contribution in [1.29, 1.82) is 0 Å². The third-order valence-electron chi connectivity index (χ3n) is 3.96. The van der Waals surface area contributed by atoms with Crippen LogP contribution in [0.4, 0.5) is 5.69 Å². The average Bonchev–Trinajstić information content (AvgIpc) is 3.35. The van der Waals surface area contributed by atoms with Gasteiger partial charge in [0.05, 0.1) is 13.1 Å². The van der Waals surface area contributed by atoms with E-state index in [1.165, 1.54) is 5.69 Å². The molecule has 2 amide bonds. The van der Waals surface area contributed by atoms with Gasteiger partial charge >= 0.3 is 0 Å². The van der Waals surface area contributed by atoms with Crippen LogP contribution in [0.25, 0.3) is 0 Å². The Morgan fingerprint density at radius 3 is 2.42 bits per heavy atom. The molecule has 2 N–H and O–H groups in total. The fraction of sp³-hybridized carbons (Fsp3) is 0.556. The van der Waals surface area contributed by atoms with Gasteiger partial charge in [0.25, 0.3) is 0 Å². The maximum absolute atomic E-state index is 11.9. The van der Waals surface area contributed by atoms with Crippen molar-refractivity contribution in [2.75, 3.05) is 45.2 Å². The molecule has 1 aromatic rings. The third kappa shape index (κ3) is 7.00. The number of carbonyl (C=O) groups is 2. The van der Waals surface area contributed by atoms with E-state index in [-0.39, 0.29) is 24.9 Å². The summed E-state index contributed by atoms with van der Waals surface area (Å²) in [6.07, 6.45) is 3.03. The van der Waals surface area contributed by atoms with Gasteiger partial charge < -0.3 is 15.5 Å². The Bertz CT molecular complexity index is 531. The summed E-state index contributed by atoms with van der Waals surface area (Å²) in [6.45, 7) is 2.02. The second kappa shape index (κ2) is 9.27. The zero-order valence-electron chi connectivity index (χ0n) is 14.6. The van der Waals surface area contributed by atoms with Gasteiger partial charge in [-0.2, -0.15) is 0 Å². The zero-order chi connectivity index (χ0) is 17.4. The van der Waals surface area contributed by atoms with Crippen LogP contribution in [0.3, 0.4) is 0 Å². The van der Waals surface area contributed by atoms with Gasteiger partial charge in [-0.15, -0.1) is 0 Å². The zero-order valence-corrected chi connectivity index (χ0v) is 14.6. The van der Waals surface area contributed by atoms with Gasteiger partial charge in [0.2, 0.25) is 11.8 Å². The van der Waals surface area contributed by atoms with Crippen LogP contribution in [0.2, 0.25) is 0 Å². The van der Waals surface area contributed by atoms with E-state index in [0.717, 1.165) is 25.8 Å². The molecule has 0 saturated heterocycles. The summed E-state index contributed by atoms with van der Waals surface area (Å²) in [5.74, 6) is -0.0450. The molecule has 0 aromatic heterocycles. The summed E-state index contributed by atoms with van der Waals surface area (Å²) in [5.41, 5.74) is 1.17. The molecule has 1 fully saturated rings. The van der Waals surface area contributed by atoms with Gasteiger partial charge in [0.15, 0.2) is 0 Å². The minimum atomic E-state index is -0.0425. The summed E-state index contributed by atoms with van der Waals surface area (Å²) in [5, 5.41) is 5.83. The lowest BCUT2D eigenvalue weighted by molar-refractivity contribution is -0.124. The molecule has 0 radical (unpaired) electrons. The van der Waals surface area contributed by atoms with Crippen LogP contribution in [-0.2, 0) is 9.59 Å². The molecular weight excluding hydrogens is 304 g/mol. The molecule has 1 aliphatic carbocycles. The Morgan fingerprint density at radius 2 is 1.75 bits per heavy atom. The highest BCUT2D eigenvalue weighted by Crippen LogP contribution is 2.18. The number of nitrogens with one attached hydrogen (secondary N) is 2. The first-order valence-corrected chi connectivity index (χ1v) is 8.55. The largest absolute Gasteiger partial charge is 0.375 e. The molecule has 0 aliphatic heterocycles. The van der Waals surface area contributed by atoms with E-state index in [2.05, 4.69) is 27.7 Å². The summed E-state index contributed by atoms with van der Waals surface area (Å²) in [4.78, 5) is 27.5. The lowest BCUT2D eigenvalue weighted by Gasteiger charge is -2.19. The Morgan fingerprint density at radius 1 is 1.08 bits per heavy atom. The van der Waals surface area contributed by atoms with Gasteiger partial charge in [0.1, 0.15) is 0 Å². The van der Waals surface area contributed by atoms with Crippen LogP contribution in [0.1, 0.15) is 19.3 Å². The van der Waals surface area contributed by atoms with Crippen LogP contribution in [0.5, 0.6) is 0 Å². The highest BCUT2D eigenvalue weighted by atomic mass is 16.2. The van der Waals surface area contributed by atoms with E-state index < -0.39 is 0 Å². The first kappa shape index (κ1) is 18.3. The molecule has 1 aromatic carbocycles. The molecule has 132 valence electrons. The normalized spacial score (nSPS) is 13.6. The smallest absolute Gasteiger partial charge is 0.234 e. The molecular formula is C18H28N4O2. The minimum absolute atomic E-state index is 0.00251. The quantitative estimate of drug-likeness (QED) is 0.623. The van der Waals surface area contributed by atoms with Crippen molar-refractivity contribution in [2.45, 2.75) is 25.3 Å². The number of nitrogens with zero attached hydrogens (tertiary/aromatic N) is 2. The van der Waals surface area contributed by atoms with Crippen LogP contribution < -0.4 is 15.5 Å². The first-order valence-electron chi connectivity index (χ1n) is 8.55. The second-order valence-electron chi connectivity index (χ2n) is 6.47. The van der Waals surface area contributed by atoms with Gasteiger partial charge in [0, 0.05) is 31.9 Å². The fourth-order valence-electron chi connectivity index (χ4n) is 2.46. The number of hydrogen-bond acceptors (Lipinski definition) is 4. The highest BCUT2D eigenvalue weighted by molar-refractivity contribution is 5.81. The molecule has 2 rings (SSSR count). The molecule has 1 aliphatic rings. The first-order chi connectivity index (χ1) is 11.5. The second-order valence-corrected chi connectivity index (χ2v) is 6.47. The Balaban J connectivity index is 1.54. The van der Waals surface area contributed by atoms with E-state index in [4.69, 9.17) is 0 Å². The number of amides is 2. The Labute approximate surface area is 144 Å². The predicted molar refractivity (Wildman–Crippen MR) is 96.0 cm³/mol. The van der Waals surface area contributed by atoms with Crippen LogP contribution in [-0.4, -0.2) is 63.0 Å². The van der Waals surface area contributed by atoms with Crippen molar-refractivity contribution in [3.8, 4) is 0 Å². The Hall–Kier alpha value is -2.08. The van der Waals surface area contributed by atoms with Gasteiger partial charge in [-0.05, 0) is 38.4 Å². The van der Waals surface area contributed by atoms with Gasteiger partial charge in [-0.3, -0.25) is 14.5 Å². The van der Waals surface area contributed by atoms with Crippen LogP contribution in [0.15, 0.2) is 30.3 Å². The van der Waals surface area contributed by atoms with Crippen molar-refractivity contribution < 1.29 is 9.59 Å². The molecule has 0 spiro atoms. The SMILES string of the molecule is CN(CC(=O)NCCCN(C)c1ccccc1)CC(=O)NC1CC1. The molecule has 0 atom stereocenters. The number of carbonyl (C=O) groups excluding carboxylic acids is 2. The summed E-state index contributed by atoms with van der Waals surface area (Å²) >= 11 is 0. The Kier molecular flexibility index (Phi) is 7.06. The molecule has 24 heavy (non-hydrogen) atoms. The lowest BCUT2D eigenvalue weighted by atomic mass is 10.3. The maximum Gasteiger partial charge on any atom is 0.234 e. The summed E-state index contributed by atoms with van der Waals surface area (Å²) in [7, 11) is 3.83. The van der Waals surface area contributed by atoms with Gasteiger partial charge in [-0.25, -0.2) is 0 Å². The van der Waals surface area contributed by atoms with E-state index >= 15 is 0 Å². The van der Waals surface area contributed by atoms with Crippen molar-refractivity contribution >= 4 is 17.5 Å². The summed E-state index contributed by atoms with van der Waals surface area (Å²) < 4.78 is 0. The highest BCUT2D eigenvalue weighted by Gasteiger charge is 2.23. The number of rotatable bonds is 10.